The number of phenols is 1. The minimum atomic E-state index is 0.524. The van der Waals surface area contributed by atoms with Crippen LogP contribution >= 0.6 is 0 Å². The Morgan fingerprint density at radius 2 is 2.24 bits per heavy atom. The van der Waals surface area contributed by atoms with Crippen molar-refractivity contribution in [1.29, 1.82) is 0 Å². The zero-order valence-corrected chi connectivity index (χ0v) is 10.5. The van der Waals surface area contributed by atoms with E-state index >= 15 is 0 Å². The molecule has 2 heteroatoms. The fourth-order valence-corrected chi connectivity index (χ4v) is 3.67. The highest BCUT2D eigenvalue weighted by atomic mass is 16.3. The highest BCUT2D eigenvalue weighted by Crippen LogP contribution is 2.44. The Balaban J connectivity index is 1.91. The largest absolute Gasteiger partial charge is 0.508 e. The van der Waals surface area contributed by atoms with Crippen LogP contribution in [-0.4, -0.2) is 29.6 Å². The summed E-state index contributed by atoms with van der Waals surface area (Å²) in [6.07, 6.45) is 3.67. The van der Waals surface area contributed by atoms with E-state index in [0.717, 1.165) is 18.9 Å². The minimum Gasteiger partial charge on any atom is -0.508 e. The van der Waals surface area contributed by atoms with E-state index in [0.29, 0.717) is 11.7 Å². The summed E-state index contributed by atoms with van der Waals surface area (Å²) in [6.45, 7) is 5.82. The number of likely N-dealkylation sites (tertiary alicyclic amines) is 1. The molecule has 0 bridgehead atoms. The third-order valence-corrected chi connectivity index (χ3v) is 4.39. The molecule has 0 spiro atoms. The van der Waals surface area contributed by atoms with E-state index in [-0.39, 0.29) is 0 Å². The number of hydrogen-bond donors (Lipinski definition) is 1. The van der Waals surface area contributed by atoms with Crippen molar-refractivity contribution in [3.63, 3.8) is 0 Å². The monoisotopic (exact) mass is 231 g/mol. The minimum absolute atomic E-state index is 0.524. The molecule has 92 valence electrons. The van der Waals surface area contributed by atoms with Gasteiger partial charge in [-0.05, 0) is 43.4 Å². The standard InChI is InChI=1S/C15H21NO/c1-2-8-16-9-12-7-6-11-4-3-5-14(17)15(11)13(12)10-16/h3-5,12-13,17H,2,6-10H2,1H3. The smallest absolute Gasteiger partial charge is 0.119 e. The lowest BCUT2D eigenvalue weighted by atomic mass is 9.77. The van der Waals surface area contributed by atoms with Gasteiger partial charge in [0.25, 0.3) is 0 Å². The van der Waals surface area contributed by atoms with Gasteiger partial charge < -0.3 is 10.0 Å². The molecule has 0 amide bonds. The van der Waals surface area contributed by atoms with Gasteiger partial charge >= 0.3 is 0 Å². The van der Waals surface area contributed by atoms with E-state index in [9.17, 15) is 5.11 Å². The van der Waals surface area contributed by atoms with Crippen LogP contribution in [0.4, 0.5) is 0 Å². The first kappa shape index (κ1) is 11.1. The Kier molecular flexibility index (Phi) is 2.83. The lowest BCUT2D eigenvalue weighted by molar-refractivity contribution is 0.322. The molecule has 2 unspecified atom stereocenters. The van der Waals surface area contributed by atoms with Crippen LogP contribution in [0.2, 0.25) is 0 Å². The SMILES string of the molecule is CCCN1CC2CCc3cccc(O)c3C2C1. The Bertz CT molecular complexity index is 415. The van der Waals surface area contributed by atoms with Crippen LogP contribution < -0.4 is 0 Å². The second kappa shape index (κ2) is 4.34. The van der Waals surface area contributed by atoms with Crippen molar-refractivity contribution in [2.75, 3.05) is 19.6 Å². The maximum atomic E-state index is 10.1. The van der Waals surface area contributed by atoms with Gasteiger partial charge in [0.15, 0.2) is 0 Å². The van der Waals surface area contributed by atoms with Gasteiger partial charge in [0, 0.05) is 24.6 Å². The summed E-state index contributed by atoms with van der Waals surface area (Å²) in [6, 6.07) is 6.02. The van der Waals surface area contributed by atoms with Gasteiger partial charge in [0.2, 0.25) is 0 Å². The Morgan fingerprint density at radius 1 is 1.35 bits per heavy atom. The van der Waals surface area contributed by atoms with E-state index < -0.39 is 0 Å². The zero-order chi connectivity index (χ0) is 11.8. The van der Waals surface area contributed by atoms with Crippen molar-refractivity contribution in [3.8, 4) is 5.75 Å². The van der Waals surface area contributed by atoms with E-state index in [1.54, 1.807) is 0 Å². The molecule has 3 rings (SSSR count). The average Bonchev–Trinajstić information content (AvgIpc) is 2.72. The first-order chi connectivity index (χ1) is 8.29. The topological polar surface area (TPSA) is 23.5 Å². The van der Waals surface area contributed by atoms with Crippen molar-refractivity contribution in [1.82, 2.24) is 4.90 Å². The molecule has 2 atom stereocenters. The summed E-state index contributed by atoms with van der Waals surface area (Å²) in [4.78, 5) is 2.57. The second-order valence-corrected chi connectivity index (χ2v) is 5.51. The van der Waals surface area contributed by atoms with Crippen LogP contribution in [0.15, 0.2) is 18.2 Å². The highest BCUT2D eigenvalue weighted by Gasteiger charge is 2.38. The Morgan fingerprint density at radius 3 is 3.06 bits per heavy atom. The average molecular weight is 231 g/mol. The fourth-order valence-electron chi connectivity index (χ4n) is 3.67. The number of benzene rings is 1. The van der Waals surface area contributed by atoms with Crippen molar-refractivity contribution in [3.05, 3.63) is 29.3 Å². The quantitative estimate of drug-likeness (QED) is 0.846. The van der Waals surface area contributed by atoms with Gasteiger partial charge in [-0.3, -0.25) is 0 Å². The normalized spacial score (nSPS) is 27.8. The van der Waals surface area contributed by atoms with Crippen LogP contribution in [0.25, 0.3) is 0 Å². The predicted molar refractivity (Wildman–Crippen MR) is 69.4 cm³/mol. The van der Waals surface area contributed by atoms with Gasteiger partial charge in [-0.1, -0.05) is 19.1 Å². The molecule has 1 aliphatic carbocycles. The van der Waals surface area contributed by atoms with Crippen LogP contribution in [0.3, 0.4) is 0 Å². The summed E-state index contributed by atoms with van der Waals surface area (Å²) in [5, 5.41) is 10.1. The van der Waals surface area contributed by atoms with E-state index in [1.165, 1.54) is 37.1 Å². The van der Waals surface area contributed by atoms with Crippen molar-refractivity contribution in [2.24, 2.45) is 5.92 Å². The van der Waals surface area contributed by atoms with Gasteiger partial charge in [-0.2, -0.15) is 0 Å². The van der Waals surface area contributed by atoms with Gasteiger partial charge in [0.05, 0.1) is 0 Å². The van der Waals surface area contributed by atoms with Crippen molar-refractivity contribution >= 4 is 0 Å². The number of rotatable bonds is 2. The number of aromatic hydroxyl groups is 1. The summed E-state index contributed by atoms with van der Waals surface area (Å²) in [7, 11) is 0. The van der Waals surface area contributed by atoms with Gasteiger partial charge in [0.1, 0.15) is 5.75 Å². The van der Waals surface area contributed by atoms with Crippen LogP contribution in [0.5, 0.6) is 5.75 Å². The number of aryl methyl sites for hydroxylation is 1. The third kappa shape index (κ3) is 1.85. The summed E-state index contributed by atoms with van der Waals surface area (Å²) in [5.74, 6) is 1.87. The molecular weight excluding hydrogens is 210 g/mol. The van der Waals surface area contributed by atoms with Gasteiger partial charge in [-0.15, -0.1) is 0 Å². The number of fused-ring (bicyclic) bond motifs is 3. The number of hydrogen-bond acceptors (Lipinski definition) is 2. The molecule has 1 aliphatic heterocycles. The zero-order valence-electron chi connectivity index (χ0n) is 10.5. The van der Waals surface area contributed by atoms with Gasteiger partial charge in [-0.25, -0.2) is 0 Å². The molecule has 1 fully saturated rings. The summed E-state index contributed by atoms with van der Waals surface area (Å²) < 4.78 is 0. The third-order valence-electron chi connectivity index (χ3n) is 4.39. The van der Waals surface area contributed by atoms with Crippen LogP contribution in [-0.2, 0) is 6.42 Å². The summed E-state index contributed by atoms with van der Waals surface area (Å²) in [5.41, 5.74) is 2.63. The molecule has 1 aromatic carbocycles. The molecule has 17 heavy (non-hydrogen) atoms. The molecule has 0 saturated carbocycles. The fraction of sp³-hybridized carbons (Fsp3) is 0.600. The molecule has 0 radical (unpaired) electrons. The number of phenolic OH excluding ortho intramolecular Hbond substituents is 1. The maximum absolute atomic E-state index is 10.1. The second-order valence-electron chi connectivity index (χ2n) is 5.51. The maximum Gasteiger partial charge on any atom is 0.119 e. The van der Waals surface area contributed by atoms with Crippen LogP contribution in [0.1, 0.15) is 36.8 Å². The van der Waals surface area contributed by atoms with Crippen molar-refractivity contribution < 1.29 is 5.11 Å². The Hall–Kier alpha value is -1.02. The first-order valence-corrected chi connectivity index (χ1v) is 6.82. The van der Waals surface area contributed by atoms with E-state index in [1.807, 2.05) is 12.1 Å². The molecule has 1 N–H and O–H groups in total. The summed E-state index contributed by atoms with van der Waals surface area (Å²) >= 11 is 0. The molecule has 2 aliphatic rings. The number of nitrogens with zero attached hydrogens (tertiary/aromatic N) is 1. The molecule has 2 nitrogen and oxygen atoms in total. The molecule has 0 aromatic heterocycles. The highest BCUT2D eigenvalue weighted by molar-refractivity contribution is 5.44. The lowest BCUT2D eigenvalue weighted by Crippen LogP contribution is -2.21. The predicted octanol–water partition coefficient (Wildman–Crippen LogP) is 2.76. The first-order valence-electron chi connectivity index (χ1n) is 6.82. The van der Waals surface area contributed by atoms with Crippen molar-refractivity contribution in [2.45, 2.75) is 32.1 Å². The molecule has 1 heterocycles. The van der Waals surface area contributed by atoms with E-state index in [2.05, 4.69) is 17.9 Å². The van der Waals surface area contributed by atoms with E-state index in [4.69, 9.17) is 0 Å². The molecular formula is C15H21NO. The lowest BCUT2D eigenvalue weighted by Gasteiger charge is -2.27. The molecule has 1 saturated heterocycles. The Labute approximate surface area is 103 Å². The molecule has 1 aromatic rings. The van der Waals surface area contributed by atoms with Crippen LogP contribution in [0, 0.1) is 5.92 Å².